The van der Waals surface area contributed by atoms with Crippen molar-refractivity contribution in [2.75, 3.05) is 6.54 Å². The quantitative estimate of drug-likeness (QED) is 0.315. The van der Waals surface area contributed by atoms with E-state index in [4.69, 9.17) is 10.5 Å². The normalized spacial score (nSPS) is 20.3. The molecule has 1 heterocycles. The molecule has 0 aromatic heterocycles. The minimum Gasteiger partial charge on any atom is -0.441 e. The van der Waals surface area contributed by atoms with Gasteiger partial charge in [0.25, 0.3) is 5.91 Å². The summed E-state index contributed by atoms with van der Waals surface area (Å²) in [5.41, 5.74) is 5.66. The van der Waals surface area contributed by atoms with Gasteiger partial charge in [-0.05, 0) is 30.7 Å². The molecule has 0 bridgehead atoms. The largest absolute Gasteiger partial charge is 0.441 e. The molecule has 3 rings (SSSR count). The molecule has 1 aromatic rings. The molecule has 1 aliphatic carbocycles. The van der Waals surface area contributed by atoms with E-state index < -0.39 is 53.2 Å². The minimum absolute atomic E-state index is 0.0416. The van der Waals surface area contributed by atoms with E-state index in [0.717, 1.165) is 37.7 Å². The maximum atomic E-state index is 13.5. The third-order valence-corrected chi connectivity index (χ3v) is 7.58. The number of benzene rings is 1. The summed E-state index contributed by atoms with van der Waals surface area (Å²) in [6.45, 7) is 6.35. The van der Waals surface area contributed by atoms with Crippen LogP contribution in [0.1, 0.15) is 83.8 Å². The number of nitrogens with one attached hydrogen (secondary N) is 3. The second-order valence-electron chi connectivity index (χ2n) is 11.8. The Morgan fingerprint density at radius 3 is 2.21 bits per heavy atom. The zero-order valence-electron chi connectivity index (χ0n) is 23.2. The van der Waals surface area contributed by atoms with Gasteiger partial charge in [0.2, 0.25) is 17.6 Å². The number of ketones is 1. The first-order valence-electron chi connectivity index (χ1n) is 13.9. The number of Topliss-reactive ketones (excluding diaryl/α,β-unsaturated/α-hetero) is 1. The van der Waals surface area contributed by atoms with E-state index in [2.05, 4.69) is 16.0 Å². The molecule has 1 saturated heterocycles. The van der Waals surface area contributed by atoms with Gasteiger partial charge in [0.1, 0.15) is 12.1 Å². The van der Waals surface area contributed by atoms with Crippen molar-refractivity contribution >= 4 is 29.6 Å². The van der Waals surface area contributed by atoms with E-state index >= 15 is 0 Å². The molecule has 4 atom stereocenters. The fraction of sp³-hybridized carbons (Fsp3) is 0.621. The topological polar surface area (TPSA) is 157 Å². The van der Waals surface area contributed by atoms with Crippen LogP contribution in [0.5, 0.6) is 0 Å². The second kappa shape index (κ2) is 13.6. The molecular formula is C29H42N4O6. The maximum absolute atomic E-state index is 13.5. The molecule has 2 fully saturated rings. The molecule has 1 unspecified atom stereocenters. The molecule has 1 saturated carbocycles. The van der Waals surface area contributed by atoms with Gasteiger partial charge in [-0.25, -0.2) is 4.79 Å². The predicted molar refractivity (Wildman–Crippen MR) is 145 cm³/mol. The number of primary amides is 1. The van der Waals surface area contributed by atoms with Crippen LogP contribution in [-0.4, -0.2) is 48.2 Å². The van der Waals surface area contributed by atoms with Gasteiger partial charge in [-0.15, -0.1) is 0 Å². The van der Waals surface area contributed by atoms with E-state index in [1.54, 1.807) is 0 Å². The zero-order valence-corrected chi connectivity index (χ0v) is 23.2. The highest BCUT2D eigenvalue weighted by atomic mass is 16.6. The molecule has 5 N–H and O–H groups in total. The first-order chi connectivity index (χ1) is 18.5. The number of carbonyl (C=O) groups is 5. The van der Waals surface area contributed by atoms with Crippen molar-refractivity contribution in [2.45, 2.75) is 90.3 Å². The van der Waals surface area contributed by atoms with E-state index in [-0.39, 0.29) is 18.2 Å². The van der Waals surface area contributed by atoms with Crippen LogP contribution in [0.3, 0.4) is 0 Å². The lowest BCUT2D eigenvalue weighted by atomic mass is 9.84. The Hall–Kier alpha value is -3.43. The molecule has 2 aliphatic rings. The molecule has 0 radical (unpaired) electrons. The number of rotatable bonds is 11. The first kappa shape index (κ1) is 30.1. The fourth-order valence-corrected chi connectivity index (χ4v) is 5.47. The van der Waals surface area contributed by atoms with Gasteiger partial charge in [-0.3, -0.25) is 19.2 Å². The zero-order chi connectivity index (χ0) is 28.6. The van der Waals surface area contributed by atoms with Gasteiger partial charge in [-0.1, -0.05) is 83.2 Å². The number of alkyl carbamates (subject to hydrolysis) is 1. The van der Waals surface area contributed by atoms with Crippen molar-refractivity contribution in [2.24, 2.45) is 23.0 Å². The van der Waals surface area contributed by atoms with Crippen LogP contribution in [0, 0.1) is 17.3 Å². The Balaban J connectivity index is 1.77. The summed E-state index contributed by atoms with van der Waals surface area (Å²) in [7, 11) is 0. The van der Waals surface area contributed by atoms with Crippen molar-refractivity contribution in [1.82, 2.24) is 16.0 Å². The highest BCUT2D eigenvalue weighted by Crippen LogP contribution is 2.36. The maximum Gasteiger partial charge on any atom is 0.408 e. The Morgan fingerprint density at radius 1 is 0.974 bits per heavy atom. The van der Waals surface area contributed by atoms with Crippen LogP contribution < -0.4 is 21.7 Å². The van der Waals surface area contributed by atoms with Gasteiger partial charge in [0.05, 0.1) is 6.04 Å². The van der Waals surface area contributed by atoms with Gasteiger partial charge in [-0.2, -0.15) is 0 Å². The second-order valence-corrected chi connectivity index (χ2v) is 11.8. The molecule has 214 valence electrons. The van der Waals surface area contributed by atoms with E-state index in [9.17, 15) is 24.0 Å². The van der Waals surface area contributed by atoms with Gasteiger partial charge in [0, 0.05) is 17.9 Å². The van der Waals surface area contributed by atoms with Crippen molar-refractivity contribution in [1.29, 1.82) is 0 Å². The number of nitrogens with two attached hydrogens (primary N) is 1. The molecule has 1 aromatic carbocycles. The Kier molecular flexibility index (Phi) is 10.5. The van der Waals surface area contributed by atoms with E-state index in [0.29, 0.717) is 19.4 Å². The molecule has 1 aliphatic heterocycles. The van der Waals surface area contributed by atoms with Crippen molar-refractivity contribution in [3.63, 3.8) is 0 Å². The predicted octanol–water partition coefficient (Wildman–Crippen LogP) is 2.90. The lowest BCUT2D eigenvalue weighted by molar-refractivity contribution is -0.139. The molecule has 10 nitrogen and oxygen atoms in total. The summed E-state index contributed by atoms with van der Waals surface area (Å²) in [6, 6.07) is 7.14. The minimum atomic E-state index is -1.26. The highest BCUT2D eigenvalue weighted by molar-refractivity contribution is 6.37. The first-order valence-corrected chi connectivity index (χ1v) is 13.9. The average Bonchev–Trinajstić information content (AvgIpc) is 3.30. The van der Waals surface area contributed by atoms with Gasteiger partial charge < -0.3 is 26.4 Å². The monoisotopic (exact) mass is 542 g/mol. The Labute approximate surface area is 230 Å². The summed E-state index contributed by atoms with van der Waals surface area (Å²) in [5, 5.41) is 8.04. The van der Waals surface area contributed by atoms with Crippen LogP contribution in [0.4, 0.5) is 4.79 Å². The van der Waals surface area contributed by atoms with Crippen molar-refractivity contribution in [3.8, 4) is 0 Å². The molecular weight excluding hydrogens is 500 g/mol. The van der Waals surface area contributed by atoms with E-state index in [1.165, 1.54) is 0 Å². The highest BCUT2D eigenvalue weighted by Gasteiger charge is 2.36. The molecule has 0 spiro atoms. The summed E-state index contributed by atoms with van der Waals surface area (Å²) < 4.78 is 5.86. The van der Waals surface area contributed by atoms with Gasteiger partial charge >= 0.3 is 6.09 Å². The fourth-order valence-electron chi connectivity index (χ4n) is 5.47. The van der Waals surface area contributed by atoms with Crippen molar-refractivity contribution < 1.29 is 28.7 Å². The summed E-state index contributed by atoms with van der Waals surface area (Å²) >= 11 is 0. The smallest absolute Gasteiger partial charge is 0.408 e. The van der Waals surface area contributed by atoms with E-state index in [1.807, 2.05) is 51.1 Å². The number of hydrogen-bond acceptors (Lipinski definition) is 6. The van der Waals surface area contributed by atoms with Crippen LogP contribution in [0.25, 0.3) is 0 Å². The molecule has 10 heteroatoms. The third kappa shape index (κ3) is 8.80. The Morgan fingerprint density at radius 2 is 1.64 bits per heavy atom. The lowest BCUT2D eigenvalue weighted by Crippen LogP contribution is -2.54. The Bertz CT molecular complexity index is 1030. The average molecular weight is 543 g/mol. The van der Waals surface area contributed by atoms with Crippen LogP contribution in [-0.2, 0) is 23.9 Å². The molecule has 4 amide bonds. The summed E-state index contributed by atoms with van der Waals surface area (Å²) in [5.74, 6) is -3.31. The number of ether oxygens (including phenoxy) is 1. The van der Waals surface area contributed by atoms with Crippen LogP contribution >= 0.6 is 0 Å². The van der Waals surface area contributed by atoms with Crippen LogP contribution in [0.15, 0.2) is 30.3 Å². The van der Waals surface area contributed by atoms with Crippen molar-refractivity contribution in [3.05, 3.63) is 35.9 Å². The number of carbonyl (C=O) groups excluding carboxylic acids is 5. The van der Waals surface area contributed by atoms with Crippen LogP contribution in [0.2, 0.25) is 0 Å². The standard InChI is InChI=1S/C29H42N4O6/c1-29(2,3)24(19-12-8-5-9-13-19)39-28(38)33-22(16-18-10-6-4-7-11-18)27(37)32-21(23(34)25(30)35)17-20-14-15-31-26(20)36/h5,8-9,12-13,18,20-22,24H,4,6-7,10-11,14-17H2,1-3H3,(H2,30,35)(H,31,36)(H,32,37)(H,33,38)/t20-,21-,22-,24?/m0/s1. The number of hydrogen-bond donors (Lipinski definition) is 4. The lowest BCUT2D eigenvalue weighted by Gasteiger charge is -2.32. The third-order valence-electron chi connectivity index (χ3n) is 7.58. The summed E-state index contributed by atoms with van der Waals surface area (Å²) in [6.07, 6.45) is 4.58. The summed E-state index contributed by atoms with van der Waals surface area (Å²) in [4.78, 5) is 63.1. The number of amides is 4. The molecule has 39 heavy (non-hydrogen) atoms. The van der Waals surface area contributed by atoms with Gasteiger partial charge in [0.15, 0.2) is 0 Å². The SMILES string of the molecule is CC(C)(C)C(OC(=O)N[C@@H](CC1CCCCC1)C(=O)N[C@@H](C[C@@H]1CCNC1=O)C(=O)C(N)=O)c1ccccc1.